The minimum Gasteiger partial charge on any atom is -0.253 e. The van der Waals surface area contributed by atoms with Crippen LogP contribution < -0.4 is 0 Å². The maximum Gasteiger partial charge on any atom is 0.0890 e. The lowest BCUT2D eigenvalue weighted by molar-refractivity contribution is 0.446. The maximum atomic E-state index is 4.86. The molecule has 2 aromatic rings. The molecule has 1 aromatic heterocycles. The fraction of sp³-hybridized carbons (Fsp3) is 0.636. The SMILES string of the molecule is CCCCCCC(C)(C)c1ccc2nc(C(C)(C)CC)cnc2c1. The highest BCUT2D eigenvalue weighted by Gasteiger charge is 2.23. The van der Waals surface area contributed by atoms with E-state index in [-0.39, 0.29) is 10.8 Å². The Kier molecular flexibility index (Phi) is 6.01. The summed E-state index contributed by atoms with van der Waals surface area (Å²) < 4.78 is 0. The first-order chi connectivity index (χ1) is 11.3. The van der Waals surface area contributed by atoms with E-state index < -0.39 is 0 Å². The van der Waals surface area contributed by atoms with E-state index in [0.29, 0.717) is 0 Å². The zero-order valence-electron chi connectivity index (χ0n) is 16.4. The number of hydrogen-bond acceptors (Lipinski definition) is 2. The third-order valence-electron chi connectivity index (χ3n) is 5.56. The van der Waals surface area contributed by atoms with Crippen molar-refractivity contribution in [2.45, 2.75) is 90.9 Å². The van der Waals surface area contributed by atoms with Gasteiger partial charge in [0, 0.05) is 11.6 Å². The lowest BCUT2D eigenvalue weighted by Gasteiger charge is -2.26. The lowest BCUT2D eigenvalue weighted by Crippen LogP contribution is -2.19. The van der Waals surface area contributed by atoms with Gasteiger partial charge >= 0.3 is 0 Å². The molecule has 24 heavy (non-hydrogen) atoms. The Bertz CT molecular complexity index is 671. The predicted octanol–water partition coefficient (Wildman–Crippen LogP) is 6.57. The van der Waals surface area contributed by atoms with Gasteiger partial charge in [-0.25, -0.2) is 4.98 Å². The smallest absolute Gasteiger partial charge is 0.0890 e. The average Bonchev–Trinajstić information content (AvgIpc) is 2.57. The normalized spacial score (nSPS) is 12.8. The summed E-state index contributed by atoms with van der Waals surface area (Å²) in [6.07, 6.45) is 9.53. The monoisotopic (exact) mass is 326 g/mol. The molecular formula is C22H34N2. The van der Waals surface area contributed by atoms with Gasteiger partial charge in [0.1, 0.15) is 0 Å². The van der Waals surface area contributed by atoms with Crippen LogP contribution in [0.4, 0.5) is 0 Å². The molecule has 0 bridgehead atoms. The molecule has 0 atom stereocenters. The van der Waals surface area contributed by atoms with Crippen LogP contribution in [0.25, 0.3) is 11.0 Å². The molecule has 0 aliphatic heterocycles. The van der Waals surface area contributed by atoms with Crippen LogP contribution in [0.5, 0.6) is 0 Å². The molecule has 2 nitrogen and oxygen atoms in total. The number of aromatic nitrogens is 2. The molecule has 0 amide bonds. The third-order valence-corrected chi connectivity index (χ3v) is 5.56. The molecule has 2 rings (SSSR count). The second-order valence-electron chi connectivity index (χ2n) is 8.39. The number of nitrogens with zero attached hydrogens (tertiary/aromatic N) is 2. The molecule has 0 aliphatic rings. The Morgan fingerprint density at radius 2 is 1.62 bits per heavy atom. The summed E-state index contributed by atoms with van der Waals surface area (Å²) in [6, 6.07) is 6.64. The minimum absolute atomic E-state index is 0.0818. The lowest BCUT2D eigenvalue weighted by atomic mass is 9.80. The molecule has 2 heteroatoms. The van der Waals surface area contributed by atoms with Crippen LogP contribution in [0.15, 0.2) is 24.4 Å². The summed E-state index contributed by atoms with van der Waals surface area (Å²) in [4.78, 5) is 9.58. The highest BCUT2D eigenvalue weighted by molar-refractivity contribution is 5.75. The molecule has 132 valence electrons. The van der Waals surface area contributed by atoms with Gasteiger partial charge in [-0.3, -0.25) is 4.98 Å². The standard InChI is InChI=1S/C22H34N2/c1-7-9-10-11-14-22(5,6)17-12-13-18-19(15-17)23-16-20(24-18)21(3,4)8-2/h12-13,15-16H,7-11,14H2,1-6H3. The fourth-order valence-electron chi connectivity index (χ4n) is 3.08. The number of benzene rings is 1. The van der Waals surface area contributed by atoms with Gasteiger partial charge in [0.15, 0.2) is 0 Å². The van der Waals surface area contributed by atoms with Crippen molar-refractivity contribution in [1.29, 1.82) is 0 Å². The highest BCUT2D eigenvalue weighted by Crippen LogP contribution is 2.32. The van der Waals surface area contributed by atoms with Gasteiger partial charge in [0.25, 0.3) is 0 Å². The molecule has 0 unspecified atom stereocenters. The number of unbranched alkanes of at least 4 members (excludes halogenated alkanes) is 3. The Balaban J connectivity index is 2.23. The topological polar surface area (TPSA) is 25.8 Å². The molecule has 0 N–H and O–H groups in total. The van der Waals surface area contributed by atoms with Crippen LogP contribution in [0, 0.1) is 0 Å². The van der Waals surface area contributed by atoms with E-state index in [2.05, 4.69) is 59.7 Å². The van der Waals surface area contributed by atoms with Crippen LogP contribution in [0.2, 0.25) is 0 Å². The largest absolute Gasteiger partial charge is 0.253 e. The van der Waals surface area contributed by atoms with Crippen LogP contribution in [0.3, 0.4) is 0 Å². The Morgan fingerprint density at radius 1 is 0.875 bits per heavy atom. The van der Waals surface area contributed by atoms with Crippen molar-refractivity contribution in [1.82, 2.24) is 9.97 Å². The van der Waals surface area contributed by atoms with Gasteiger partial charge in [0.2, 0.25) is 0 Å². The summed E-state index contributed by atoms with van der Waals surface area (Å²) in [5.41, 5.74) is 4.78. The molecule has 0 fully saturated rings. The van der Waals surface area contributed by atoms with Crippen molar-refractivity contribution in [3.8, 4) is 0 Å². The van der Waals surface area contributed by atoms with Crippen molar-refractivity contribution in [2.24, 2.45) is 0 Å². The van der Waals surface area contributed by atoms with E-state index in [1.54, 1.807) is 0 Å². The molecular weight excluding hydrogens is 292 g/mol. The first-order valence-corrected chi connectivity index (χ1v) is 9.58. The van der Waals surface area contributed by atoms with E-state index in [1.165, 1.54) is 37.7 Å². The minimum atomic E-state index is 0.0818. The Morgan fingerprint density at radius 3 is 2.29 bits per heavy atom. The Hall–Kier alpha value is -1.44. The maximum absolute atomic E-state index is 4.86. The van der Waals surface area contributed by atoms with E-state index in [9.17, 15) is 0 Å². The van der Waals surface area contributed by atoms with Crippen molar-refractivity contribution >= 4 is 11.0 Å². The van der Waals surface area contributed by atoms with Gasteiger partial charge < -0.3 is 0 Å². The second kappa shape index (κ2) is 7.63. The van der Waals surface area contributed by atoms with E-state index in [4.69, 9.17) is 9.97 Å². The quantitative estimate of drug-likeness (QED) is 0.513. The number of hydrogen-bond donors (Lipinski definition) is 0. The van der Waals surface area contributed by atoms with Gasteiger partial charge in [-0.1, -0.05) is 73.3 Å². The van der Waals surface area contributed by atoms with Crippen molar-refractivity contribution < 1.29 is 0 Å². The zero-order valence-corrected chi connectivity index (χ0v) is 16.4. The van der Waals surface area contributed by atoms with Crippen molar-refractivity contribution in [3.05, 3.63) is 35.7 Å². The predicted molar refractivity (Wildman–Crippen MR) is 105 cm³/mol. The molecule has 0 spiro atoms. The van der Waals surface area contributed by atoms with Crippen LogP contribution in [-0.2, 0) is 10.8 Å². The first-order valence-electron chi connectivity index (χ1n) is 9.58. The number of fused-ring (bicyclic) bond motifs is 1. The molecule has 1 heterocycles. The molecule has 0 radical (unpaired) electrons. The van der Waals surface area contributed by atoms with Gasteiger partial charge in [0.05, 0.1) is 16.7 Å². The second-order valence-corrected chi connectivity index (χ2v) is 8.39. The zero-order chi connectivity index (χ0) is 17.8. The Labute approximate surface area is 148 Å². The molecule has 1 aromatic carbocycles. The summed E-state index contributed by atoms with van der Waals surface area (Å²) in [6.45, 7) is 13.6. The average molecular weight is 327 g/mol. The summed E-state index contributed by atoms with van der Waals surface area (Å²) >= 11 is 0. The van der Waals surface area contributed by atoms with Crippen LogP contribution in [0.1, 0.15) is 91.3 Å². The number of rotatable bonds is 8. The van der Waals surface area contributed by atoms with Gasteiger partial charge in [-0.2, -0.15) is 0 Å². The molecule has 0 saturated heterocycles. The third kappa shape index (κ3) is 4.34. The van der Waals surface area contributed by atoms with E-state index in [0.717, 1.165) is 23.1 Å². The van der Waals surface area contributed by atoms with Crippen molar-refractivity contribution in [2.75, 3.05) is 0 Å². The fourth-order valence-corrected chi connectivity index (χ4v) is 3.08. The van der Waals surface area contributed by atoms with E-state index >= 15 is 0 Å². The van der Waals surface area contributed by atoms with Gasteiger partial charge in [-0.05, 0) is 36.0 Å². The summed E-state index contributed by atoms with van der Waals surface area (Å²) in [5.74, 6) is 0. The highest BCUT2D eigenvalue weighted by atomic mass is 14.8. The first kappa shape index (κ1) is 18.9. The van der Waals surface area contributed by atoms with E-state index in [1.807, 2.05) is 6.20 Å². The molecule has 0 aliphatic carbocycles. The summed E-state index contributed by atoms with van der Waals surface area (Å²) in [5, 5.41) is 0. The summed E-state index contributed by atoms with van der Waals surface area (Å²) in [7, 11) is 0. The van der Waals surface area contributed by atoms with Crippen LogP contribution >= 0.6 is 0 Å². The molecule has 0 saturated carbocycles. The van der Waals surface area contributed by atoms with Crippen molar-refractivity contribution in [3.63, 3.8) is 0 Å². The van der Waals surface area contributed by atoms with Crippen LogP contribution in [-0.4, -0.2) is 9.97 Å². The van der Waals surface area contributed by atoms with Gasteiger partial charge in [-0.15, -0.1) is 0 Å².